The second-order valence-corrected chi connectivity index (χ2v) is 10.7. The zero-order valence-electron chi connectivity index (χ0n) is 22.5. The van der Waals surface area contributed by atoms with Crippen molar-refractivity contribution in [3.63, 3.8) is 0 Å². The van der Waals surface area contributed by atoms with Gasteiger partial charge in [-0.15, -0.1) is 0 Å². The van der Waals surface area contributed by atoms with Crippen LogP contribution in [0.4, 0.5) is 22.4 Å². The summed E-state index contributed by atoms with van der Waals surface area (Å²) in [6.45, 7) is 3.18. The molecule has 1 saturated carbocycles. The molecule has 1 aliphatic heterocycles. The van der Waals surface area contributed by atoms with E-state index in [9.17, 15) is 36.7 Å². The molecule has 1 aromatic rings. The van der Waals surface area contributed by atoms with E-state index >= 15 is 0 Å². The molecule has 1 saturated heterocycles. The maximum atomic E-state index is 14.0. The number of Topliss-reactive ketones (excluding diaryl/α,β-unsaturated/α-hetero) is 1. The van der Waals surface area contributed by atoms with E-state index in [1.165, 1.54) is 0 Å². The number of hydrogen-bond acceptors (Lipinski definition) is 6. The maximum absolute atomic E-state index is 14.0. The number of halogens is 4. The monoisotopic (exact) mass is 573 g/mol. The van der Waals surface area contributed by atoms with Crippen LogP contribution in [0.5, 0.6) is 5.75 Å². The molecule has 0 aromatic heterocycles. The van der Waals surface area contributed by atoms with Crippen LogP contribution in [0.3, 0.4) is 0 Å². The molecule has 2 fully saturated rings. The lowest BCUT2D eigenvalue weighted by Crippen LogP contribution is -2.53. The zero-order chi connectivity index (χ0) is 29.4. The largest absolute Gasteiger partial charge is 0.479 e. The van der Waals surface area contributed by atoms with Gasteiger partial charge in [0.2, 0.25) is 23.4 Å². The van der Waals surface area contributed by atoms with Gasteiger partial charge in [0.05, 0.1) is 12.6 Å². The van der Waals surface area contributed by atoms with E-state index in [0.29, 0.717) is 13.0 Å². The number of ether oxygens (including phenoxy) is 2. The average molecular weight is 574 g/mol. The first kappa shape index (κ1) is 31.2. The topological polar surface area (TPSA) is 123 Å². The summed E-state index contributed by atoms with van der Waals surface area (Å²) in [6.07, 6.45) is 3.68. The number of amides is 3. The number of carbonyl (C=O) groups excluding carboxylic acids is 4. The van der Waals surface area contributed by atoms with Crippen LogP contribution in [0.1, 0.15) is 58.8 Å². The van der Waals surface area contributed by atoms with Crippen molar-refractivity contribution in [1.82, 2.24) is 16.0 Å². The molecule has 0 bridgehead atoms. The highest BCUT2D eigenvalue weighted by Gasteiger charge is 2.34. The molecule has 13 heteroatoms. The van der Waals surface area contributed by atoms with Crippen LogP contribution in [0.15, 0.2) is 6.07 Å². The Balaban J connectivity index is 1.70. The van der Waals surface area contributed by atoms with Gasteiger partial charge in [-0.2, -0.15) is 8.78 Å². The van der Waals surface area contributed by atoms with Crippen LogP contribution in [0.25, 0.3) is 0 Å². The third-order valence-electron chi connectivity index (χ3n) is 7.06. The predicted molar refractivity (Wildman–Crippen MR) is 134 cm³/mol. The standard InChI is InChI=1S/C27H35F4N3O6/c1-14(2)9-20(34-27(38)40-12-15-5-3-4-6-15)26(37)33-19(10-16-7-8-32-25(16)36)21(35)13-39-24-22(30)17(28)11-18(29)23(24)31/h11,14-16,19-20H,3-10,12-13H2,1-2H3,(H,32,36)(H,33,37)(H,34,38)/t16-,19-,20?/m0/s1. The Morgan fingerprint density at radius 3 is 2.23 bits per heavy atom. The van der Waals surface area contributed by atoms with Gasteiger partial charge < -0.3 is 25.4 Å². The van der Waals surface area contributed by atoms with Crippen LogP contribution in [-0.4, -0.2) is 55.5 Å². The van der Waals surface area contributed by atoms with E-state index < -0.39 is 71.4 Å². The summed E-state index contributed by atoms with van der Waals surface area (Å²) in [5, 5.41) is 7.65. The van der Waals surface area contributed by atoms with Crippen LogP contribution in [0, 0.1) is 41.0 Å². The second-order valence-electron chi connectivity index (χ2n) is 10.7. The summed E-state index contributed by atoms with van der Waals surface area (Å²) in [5.41, 5.74) is 0. The Bertz CT molecular complexity index is 1070. The van der Waals surface area contributed by atoms with Crippen molar-refractivity contribution in [3.05, 3.63) is 29.3 Å². The van der Waals surface area contributed by atoms with Crippen molar-refractivity contribution in [3.8, 4) is 5.75 Å². The summed E-state index contributed by atoms with van der Waals surface area (Å²) >= 11 is 0. The predicted octanol–water partition coefficient (Wildman–Crippen LogP) is 3.53. The van der Waals surface area contributed by atoms with E-state index in [2.05, 4.69) is 16.0 Å². The van der Waals surface area contributed by atoms with Gasteiger partial charge in [0.25, 0.3) is 0 Å². The van der Waals surface area contributed by atoms with Gasteiger partial charge in [-0.25, -0.2) is 13.6 Å². The van der Waals surface area contributed by atoms with E-state index in [4.69, 9.17) is 9.47 Å². The Kier molecular flexibility index (Phi) is 11.1. The Morgan fingerprint density at radius 2 is 1.65 bits per heavy atom. The highest BCUT2D eigenvalue weighted by Crippen LogP contribution is 2.27. The van der Waals surface area contributed by atoms with Gasteiger partial charge >= 0.3 is 6.09 Å². The van der Waals surface area contributed by atoms with Crippen molar-refractivity contribution in [1.29, 1.82) is 0 Å². The van der Waals surface area contributed by atoms with E-state index in [-0.39, 0.29) is 43.3 Å². The minimum absolute atomic E-state index is 0.00170. The molecule has 9 nitrogen and oxygen atoms in total. The fourth-order valence-electron chi connectivity index (χ4n) is 4.88. The van der Waals surface area contributed by atoms with Crippen LogP contribution < -0.4 is 20.7 Å². The fourth-order valence-corrected chi connectivity index (χ4v) is 4.88. The summed E-state index contributed by atoms with van der Waals surface area (Å²) in [7, 11) is 0. The van der Waals surface area contributed by atoms with Crippen LogP contribution in [0.2, 0.25) is 0 Å². The maximum Gasteiger partial charge on any atom is 0.407 e. The molecule has 222 valence electrons. The van der Waals surface area contributed by atoms with Gasteiger partial charge in [-0.3, -0.25) is 14.4 Å². The van der Waals surface area contributed by atoms with Crippen LogP contribution in [-0.2, 0) is 19.1 Å². The Labute approximate surface area is 229 Å². The van der Waals surface area contributed by atoms with E-state index in [0.717, 1.165) is 25.7 Å². The molecule has 1 unspecified atom stereocenters. The fraction of sp³-hybridized carbons (Fsp3) is 0.630. The lowest BCUT2D eigenvalue weighted by molar-refractivity contribution is -0.131. The van der Waals surface area contributed by atoms with Crippen molar-refractivity contribution in [2.24, 2.45) is 17.8 Å². The number of alkyl carbamates (subject to hydrolysis) is 1. The third kappa shape index (κ3) is 8.56. The first-order chi connectivity index (χ1) is 19.0. The quantitative estimate of drug-likeness (QED) is 0.245. The van der Waals surface area contributed by atoms with Crippen molar-refractivity contribution >= 4 is 23.7 Å². The van der Waals surface area contributed by atoms with E-state index in [1.807, 2.05) is 13.8 Å². The molecule has 1 heterocycles. The number of nitrogens with one attached hydrogen (secondary N) is 3. The average Bonchev–Trinajstić information content (AvgIpc) is 3.57. The first-order valence-electron chi connectivity index (χ1n) is 13.5. The first-order valence-corrected chi connectivity index (χ1v) is 13.5. The van der Waals surface area contributed by atoms with E-state index in [1.54, 1.807) is 0 Å². The lowest BCUT2D eigenvalue weighted by atomic mass is 9.95. The number of benzene rings is 1. The smallest absolute Gasteiger partial charge is 0.407 e. The van der Waals surface area contributed by atoms with Crippen LogP contribution >= 0.6 is 0 Å². The van der Waals surface area contributed by atoms with Gasteiger partial charge in [-0.1, -0.05) is 26.7 Å². The Morgan fingerprint density at radius 1 is 1.00 bits per heavy atom. The molecular weight excluding hydrogens is 538 g/mol. The number of carbonyl (C=O) groups is 4. The van der Waals surface area contributed by atoms with Gasteiger partial charge in [0.15, 0.2) is 23.2 Å². The SMILES string of the molecule is CC(C)CC(NC(=O)OCC1CCCC1)C(=O)N[C@@H](C[C@@H]1CCNC1=O)C(=O)COc1c(F)c(F)cc(F)c1F. The minimum atomic E-state index is -1.82. The summed E-state index contributed by atoms with van der Waals surface area (Å²) in [4.78, 5) is 50.8. The molecule has 0 radical (unpaired) electrons. The molecule has 0 spiro atoms. The minimum Gasteiger partial charge on any atom is -0.479 e. The number of rotatable bonds is 13. The summed E-state index contributed by atoms with van der Waals surface area (Å²) < 4.78 is 65.2. The van der Waals surface area contributed by atoms with Gasteiger partial charge in [-0.05, 0) is 43.9 Å². The molecular formula is C27H35F4N3O6. The molecule has 3 N–H and O–H groups in total. The summed E-state index contributed by atoms with van der Waals surface area (Å²) in [5.74, 6) is -10.9. The van der Waals surface area contributed by atoms with Crippen molar-refractivity contribution in [2.75, 3.05) is 19.8 Å². The lowest BCUT2D eigenvalue weighted by Gasteiger charge is -2.25. The summed E-state index contributed by atoms with van der Waals surface area (Å²) in [6, 6.07) is -2.45. The zero-order valence-corrected chi connectivity index (χ0v) is 22.5. The number of ketones is 1. The highest BCUT2D eigenvalue weighted by molar-refractivity contribution is 5.93. The molecule has 1 aliphatic carbocycles. The second kappa shape index (κ2) is 14.3. The van der Waals surface area contributed by atoms with Gasteiger partial charge in [0.1, 0.15) is 12.6 Å². The molecule has 40 heavy (non-hydrogen) atoms. The highest BCUT2D eigenvalue weighted by atomic mass is 19.2. The molecule has 1 aromatic carbocycles. The number of hydrogen-bond donors (Lipinski definition) is 3. The third-order valence-corrected chi connectivity index (χ3v) is 7.06. The van der Waals surface area contributed by atoms with Crippen molar-refractivity contribution in [2.45, 2.75) is 70.9 Å². The van der Waals surface area contributed by atoms with Gasteiger partial charge in [0, 0.05) is 18.5 Å². The molecule has 3 rings (SSSR count). The normalized spacial score (nSPS) is 18.8. The molecule has 2 aliphatic rings. The van der Waals surface area contributed by atoms with Crippen molar-refractivity contribution < 1.29 is 46.2 Å². The molecule has 3 atom stereocenters. The Hall–Kier alpha value is -3.38. The molecule has 3 amide bonds.